The van der Waals surface area contributed by atoms with Crippen molar-refractivity contribution in [3.05, 3.63) is 23.5 Å². The zero-order valence-corrected chi connectivity index (χ0v) is 18.4. The second-order valence-corrected chi connectivity index (χ2v) is 9.39. The topological polar surface area (TPSA) is 67.9 Å². The molecule has 0 amide bonds. The Morgan fingerprint density at radius 1 is 1.26 bits per heavy atom. The number of hydrogen-bond donors (Lipinski definition) is 0. The Kier molecular flexibility index (Phi) is 6.09. The lowest BCUT2D eigenvalue weighted by molar-refractivity contribution is -0.190. The Balaban J connectivity index is 1.72. The number of Topliss-reactive ketones (excluding diaryl/α,β-unsaturated/α-hetero) is 1. The van der Waals surface area contributed by atoms with Crippen LogP contribution in [-0.4, -0.2) is 28.6 Å². The third-order valence-electron chi connectivity index (χ3n) is 5.91. The molecule has 1 aliphatic rings. The van der Waals surface area contributed by atoms with Crippen LogP contribution in [0.1, 0.15) is 70.7 Å². The van der Waals surface area contributed by atoms with Gasteiger partial charge in [0.25, 0.3) is 0 Å². The van der Waals surface area contributed by atoms with Gasteiger partial charge in [-0.1, -0.05) is 0 Å². The van der Waals surface area contributed by atoms with Gasteiger partial charge in [0.05, 0.1) is 29.7 Å². The molecule has 2 aromatic rings. The average Bonchev–Trinajstić information content (AvgIpc) is 3.36. The minimum absolute atomic E-state index is 0.0599. The number of rotatable bonds is 8. The number of carbonyl (C=O) groups excluding carboxylic acids is 1. The molecule has 1 aromatic carbocycles. The molecule has 1 saturated carbocycles. The van der Waals surface area contributed by atoms with Gasteiger partial charge in [0, 0.05) is 30.9 Å². The van der Waals surface area contributed by atoms with Gasteiger partial charge in [0.1, 0.15) is 22.9 Å². The molecule has 0 saturated heterocycles. The number of unbranched alkanes of at least 4 members (excludes halogenated alkanes) is 1. The molecular formula is C23H28F3N3O2. The second kappa shape index (κ2) is 8.18. The summed E-state index contributed by atoms with van der Waals surface area (Å²) >= 11 is 0. The van der Waals surface area contributed by atoms with E-state index in [0.717, 1.165) is 11.3 Å². The number of aryl methyl sites for hydroxylation is 1. The summed E-state index contributed by atoms with van der Waals surface area (Å²) < 4.78 is 46.6. The van der Waals surface area contributed by atoms with Crippen LogP contribution in [0.15, 0.2) is 12.1 Å². The molecule has 0 aliphatic heterocycles. The standard InChI is InChI=1S/C23H28F3N3O2/c1-21(2,3)29-17-11-15(14-27)12-18(31-4)20(17)28-19(29)8-6-5-7-16(30)13-22(9-10-22)23(24,25)26/h11-12H,5-10,13H2,1-4H3. The predicted octanol–water partition coefficient (Wildman–Crippen LogP) is 5.69. The van der Waals surface area contributed by atoms with Crippen molar-refractivity contribution in [3.8, 4) is 11.8 Å². The number of imidazole rings is 1. The minimum Gasteiger partial charge on any atom is -0.494 e. The van der Waals surface area contributed by atoms with Crippen LogP contribution in [0.25, 0.3) is 11.0 Å². The maximum absolute atomic E-state index is 13.0. The van der Waals surface area contributed by atoms with Gasteiger partial charge in [-0.05, 0) is 52.5 Å². The van der Waals surface area contributed by atoms with E-state index in [-0.39, 0.29) is 30.6 Å². The lowest BCUT2D eigenvalue weighted by atomic mass is 9.96. The van der Waals surface area contributed by atoms with E-state index in [1.54, 1.807) is 12.1 Å². The van der Waals surface area contributed by atoms with Gasteiger partial charge in [-0.15, -0.1) is 0 Å². The molecule has 31 heavy (non-hydrogen) atoms. The molecule has 3 rings (SSSR count). The molecule has 168 valence electrons. The summed E-state index contributed by atoms with van der Waals surface area (Å²) in [6.45, 7) is 6.12. The molecule has 1 aliphatic carbocycles. The first-order valence-corrected chi connectivity index (χ1v) is 10.5. The van der Waals surface area contributed by atoms with Crippen molar-refractivity contribution in [2.24, 2.45) is 5.41 Å². The number of hydrogen-bond acceptors (Lipinski definition) is 4. The molecule has 0 bridgehead atoms. The number of benzene rings is 1. The van der Waals surface area contributed by atoms with E-state index in [1.807, 2.05) is 20.8 Å². The first-order chi connectivity index (χ1) is 14.4. The predicted molar refractivity (Wildman–Crippen MR) is 111 cm³/mol. The van der Waals surface area contributed by atoms with Crippen LogP contribution in [0.2, 0.25) is 0 Å². The highest BCUT2D eigenvalue weighted by atomic mass is 19.4. The van der Waals surface area contributed by atoms with Crippen LogP contribution in [0.4, 0.5) is 13.2 Å². The van der Waals surface area contributed by atoms with Crippen molar-refractivity contribution in [3.63, 3.8) is 0 Å². The second-order valence-electron chi connectivity index (χ2n) is 9.39. The summed E-state index contributed by atoms with van der Waals surface area (Å²) in [7, 11) is 1.53. The van der Waals surface area contributed by atoms with E-state index in [0.29, 0.717) is 36.1 Å². The number of nitriles is 1. The van der Waals surface area contributed by atoms with E-state index in [9.17, 15) is 23.2 Å². The van der Waals surface area contributed by atoms with Crippen molar-refractivity contribution in [1.29, 1.82) is 5.26 Å². The monoisotopic (exact) mass is 435 g/mol. The van der Waals surface area contributed by atoms with Crippen molar-refractivity contribution in [2.45, 2.75) is 77.4 Å². The summed E-state index contributed by atoms with van der Waals surface area (Å²) in [5.41, 5.74) is -0.118. The van der Waals surface area contributed by atoms with Crippen LogP contribution in [0.5, 0.6) is 5.75 Å². The minimum atomic E-state index is -4.29. The van der Waals surface area contributed by atoms with Gasteiger partial charge in [-0.3, -0.25) is 4.79 Å². The number of aromatic nitrogens is 2. The Morgan fingerprint density at radius 3 is 2.45 bits per heavy atom. The first-order valence-electron chi connectivity index (χ1n) is 10.5. The smallest absolute Gasteiger partial charge is 0.394 e. The van der Waals surface area contributed by atoms with Crippen molar-refractivity contribution >= 4 is 16.8 Å². The molecule has 0 radical (unpaired) electrons. The highest BCUT2D eigenvalue weighted by molar-refractivity contribution is 5.84. The van der Waals surface area contributed by atoms with Gasteiger partial charge in [-0.25, -0.2) is 4.98 Å². The molecule has 0 unspecified atom stereocenters. The number of ether oxygens (including phenoxy) is 1. The molecular weight excluding hydrogens is 407 g/mol. The molecule has 8 heteroatoms. The average molecular weight is 435 g/mol. The van der Waals surface area contributed by atoms with Gasteiger partial charge >= 0.3 is 6.18 Å². The highest BCUT2D eigenvalue weighted by Gasteiger charge is 2.63. The van der Waals surface area contributed by atoms with E-state index >= 15 is 0 Å². The SMILES string of the molecule is COc1cc(C#N)cc2c1nc(CCCCC(=O)CC1(C(F)(F)F)CC1)n2C(C)(C)C. The van der Waals surface area contributed by atoms with Crippen LogP contribution in [0, 0.1) is 16.7 Å². The van der Waals surface area contributed by atoms with Crippen LogP contribution in [0.3, 0.4) is 0 Å². The number of ketones is 1. The summed E-state index contributed by atoms with van der Waals surface area (Å²) in [6.07, 6.45) is -2.69. The van der Waals surface area contributed by atoms with E-state index in [4.69, 9.17) is 9.72 Å². The fourth-order valence-electron chi connectivity index (χ4n) is 4.11. The van der Waals surface area contributed by atoms with Gasteiger partial charge in [-0.2, -0.15) is 18.4 Å². The molecule has 0 atom stereocenters. The maximum atomic E-state index is 13.0. The van der Waals surface area contributed by atoms with Crippen LogP contribution < -0.4 is 4.74 Å². The normalized spacial score (nSPS) is 15.7. The Hall–Kier alpha value is -2.56. The molecule has 0 spiro atoms. The zero-order chi connectivity index (χ0) is 23.0. The summed E-state index contributed by atoms with van der Waals surface area (Å²) in [4.78, 5) is 16.8. The van der Waals surface area contributed by atoms with Crippen LogP contribution >= 0.6 is 0 Å². The van der Waals surface area contributed by atoms with E-state index in [1.165, 1.54) is 7.11 Å². The van der Waals surface area contributed by atoms with Gasteiger partial charge < -0.3 is 9.30 Å². The zero-order valence-electron chi connectivity index (χ0n) is 18.4. The Bertz CT molecular complexity index is 1020. The lowest BCUT2D eigenvalue weighted by Crippen LogP contribution is -2.27. The highest BCUT2D eigenvalue weighted by Crippen LogP contribution is 2.60. The van der Waals surface area contributed by atoms with E-state index in [2.05, 4.69) is 10.6 Å². The number of halogens is 3. The third kappa shape index (κ3) is 4.70. The Labute approximate surface area is 180 Å². The quantitative estimate of drug-likeness (QED) is 0.500. The molecule has 1 aromatic heterocycles. The number of fused-ring (bicyclic) bond motifs is 1. The number of carbonyl (C=O) groups is 1. The Morgan fingerprint density at radius 2 is 1.94 bits per heavy atom. The molecule has 0 N–H and O–H groups in total. The maximum Gasteiger partial charge on any atom is 0.394 e. The van der Waals surface area contributed by atoms with Crippen LogP contribution in [-0.2, 0) is 16.8 Å². The molecule has 1 fully saturated rings. The lowest BCUT2D eigenvalue weighted by Gasteiger charge is -2.25. The van der Waals surface area contributed by atoms with Crippen molar-refractivity contribution in [2.75, 3.05) is 7.11 Å². The summed E-state index contributed by atoms with van der Waals surface area (Å²) in [5.74, 6) is 1.01. The third-order valence-corrected chi connectivity index (χ3v) is 5.91. The largest absolute Gasteiger partial charge is 0.494 e. The van der Waals surface area contributed by atoms with Crippen molar-refractivity contribution < 1.29 is 22.7 Å². The summed E-state index contributed by atoms with van der Waals surface area (Å²) in [5, 5.41) is 9.34. The first kappa shape index (κ1) is 23.1. The molecule has 5 nitrogen and oxygen atoms in total. The van der Waals surface area contributed by atoms with Gasteiger partial charge in [0.2, 0.25) is 0 Å². The summed E-state index contributed by atoms with van der Waals surface area (Å²) in [6, 6.07) is 5.58. The number of alkyl halides is 3. The molecule has 1 heterocycles. The number of methoxy groups -OCH3 is 1. The van der Waals surface area contributed by atoms with Gasteiger partial charge in [0.15, 0.2) is 0 Å². The van der Waals surface area contributed by atoms with Crippen molar-refractivity contribution in [1.82, 2.24) is 9.55 Å². The fourth-order valence-corrected chi connectivity index (χ4v) is 4.11. The number of nitrogens with zero attached hydrogens (tertiary/aromatic N) is 3. The van der Waals surface area contributed by atoms with E-state index < -0.39 is 18.0 Å². The fraction of sp³-hybridized carbons (Fsp3) is 0.609.